The second kappa shape index (κ2) is 7.75. The maximum Gasteiger partial charge on any atom is 0.407 e. The lowest BCUT2D eigenvalue weighted by Crippen LogP contribution is -2.53. The standard InChI is InChI=1S/C18H37NO4Si/c1-17(2,3)22-16(21)19-14(11-13-9-10-13)15(12-20)23-24(7,8)18(4,5)6/h13-15,20H,9-12H2,1-8H3,(H,19,21)/t14-,15+/m0/s1. The van der Waals surface area contributed by atoms with Gasteiger partial charge in [-0.3, -0.25) is 0 Å². The van der Waals surface area contributed by atoms with Gasteiger partial charge >= 0.3 is 6.09 Å². The smallest absolute Gasteiger partial charge is 0.407 e. The molecule has 24 heavy (non-hydrogen) atoms. The molecule has 1 aliphatic carbocycles. The number of hydrogen-bond acceptors (Lipinski definition) is 4. The Bertz CT molecular complexity index is 422. The van der Waals surface area contributed by atoms with E-state index in [0.29, 0.717) is 5.92 Å². The van der Waals surface area contributed by atoms with Gasteiger partial charge in [-0.25, -0.2) is 4.79 Å². The first-order valence-electron chi connectivity index (χ1n) is 9.03. The fourth-order valence-electron chi connectivity index (χ4n) is 2.28. The van der Waals surface area contributed by atoms with E-state index in [1.807, 2.05) is 20.8 Å². The van der Waals surface area contributed by atoms with Crippen molar-refractivity contribution in [2.24, 2.45) is 5.92 Å². The first-order chi connectivity index (χ1) is 10.7. The van der Waals surface area contributed by atoms with E-state index in [2.05, 4.69) is 39.2 Å². The SMILES string of the molecule is CC(C)(C)OC(=O)N[C@@H](CC1CC1)[C@@H](CO)O[Si](C)(C)C(C)(C)C. The van der Waals surface area contributed by atoms with Gasteiger partial charge in [0.1, 0.15) is 5.60 Å². The molecule has 0 saturated heterocycles. The van der Waals surface area contributed by atoms with Crippen LogP contribution in [0.2, 0.25) is 18.1 Å². The van der Waals surface area contributed by atoms with Crippen molar-refractivity contribution >= 4 is 14.4 Å². The molecule has 1 fully saturated rings. The third-order valence-electron chi connectivity index (χ3n) is 4.87. The van der Waals surface area contributed by atoms with Crippen molar-refractivity contribution in [3.8, 4) is 0 Å². The summed E-state index contributed by atoms with van der Waals surface area (Å²) in [6.07, 6.45) is 2.37. The van der Waals surface area contributed by atoms with Gasteiger partial charge in [0.15, 0.2) is 8.32 Å². The average molecular weight is 360 g/mol. The highest BCUT2D eigenvalue weighted by atomic mass is 28.4. The third-order valence-corrected chi connectivity index (χ3v) is 9.37. The Balaban J connectivity index is 2.81. The molecule has 2 atom stereocenters. The number of hydrogen-bond donors (Lipinski definition) is 2. The molecule has 0 aromatic carbocycles. The zero-order valence-electron chi connectivity index (χ0n) is 16.7. The molecule has 0 unspecified atom stereocenters. The normalized spacial score (nSPS) is 18.9. The van der Waals surface area contributed by atoms with Crippen LogP contribution in [0.15, 0.2) is 0 Å². The minimum Gasteiger partial charge on any atom is -0.444 e. The van der Waals surface area contributed by atoms with Crippen molar-refractivity contribution in [2.45, 2.75) is 96.7 Å². The third kappa shape index (κ3) is 7.11. The summed E-state index contributed by atoms with van der Waals surface area (Å²) < 4.78 is 11.8. The van der Waals surface area contributed by atoms with Gasteiger partial charge in [-0.1, -0.05) is 33.6 Å². The van der Waals surface area contributed by atoms with Crippen molar-refractivity contribution in [1.29, 1.82) is 0 Å². The Kier molecular flexibility index (Phi) is 6.92. The Morgan fingerprint density at radius 2 is 1.75 bits per heavy atom. The number of ether oxygens (including phenoxy) is 1. The summed E-state index contributed by atoms with van der Waals surface area (Å²) in [5.74, 6) is 0.613. The number of aliphatic hydroxyl groups excluding tert-OH is 1. The summed E-state index contributed by atoms with van der Waals surface area (Å²) in [5, 5.41) is 12.9. The molecular weight excluding hydrogens is 322 g/mol. The van der Waals surface area contributed by atoms with Crippen molar-refractivity contribution in [1.82, 2.24) is 5.32 Å². The maximum absolute atomic E-state index is 12.2. The second-order valence-electron chi connectivity index (χ2n) is 9.53. The number of nitrogens with one attached hydrogen (secondary N) is 1. The highest BCUT2D eigenvalue weighted by Gasteiger charge is 2.42. The Labute approximate surface area is 148 Å². The highest BCUT2D eigenvalue weighted by molar-refractivity contribution is 6.74. The van der Waals surface area contributed by atoms with Crippen LogP contribution in [0, 0.1) is 5.92 Å². The summed E-state index contributed by atoms with van der Waals surface area (Å²) in [4.78, 5) is 12.2. The van der Waals surface area contributed by atoms with Crippen LogP contribution in [0.3, 0.4) is 0 Å². The fraction of sp³-hybridized carbons (Fsp3) is 0.944. The number of rotatable bonds is 7. The molecule has 1 aliphatic rings. The van der Waals surface area contributed by atoms with E-state index in [1.54, 1.807) is 0 Å². The fourth-order valence-corrected chi connectivity index (χ4v) is 3.63. The molecule has 0 aromatic heterocycles. The zero-order valence-corrected chi connectivity index (χ0v) is 17.7. The van der Waals surface area contributed by atoms with Crippen LogP contribution in [0.25, 0.3) is 0 Å². The van der Waals surface area contributed by atoms with E-state index in [9.17, 15) is 9.90 Å². The maximum atomic E-state index is 12.2. The molecule has 1 amide bonds. The van der Waals surface area contributed by atoms with E-state index < -0.39 is 20.0 Å². The predicted octanol–water partition coefficient (Wildman–Crippen LogP) is 4.06. The van der Waals surface area contributed by atoms with Gasteiger partial charge in [0.2, 0.25) is 0 Å². The summed E-state index contributed by atoms with van der Waals surface area (Å²) >= 11 is 0. The van der Waals surface area contributed by atoms with Crippen LogP contribution in [-0.4, -0.2) is 43.9 Å². The van der Waals surface area contributed by atoms with Gasteiger partial charge in [-0.15, -0.1) is 0 Å². The zero-order chi connectivity index (χ0) is 18.8. The van der Waals surface area contributed by atoms with Gasteiger partial charge < -0.3 is 19.6 Å². The van der Waals surface area contributed by atoms with Crippen LogP contribution < -0.4 is 5.32 Å². The summed E-state index contributed by atoms with van der Waals surface area (Å²) in [6, 6.07) is -0.216. The minimum atomic E-state index is -2.03. The first-order valence-corrected chi connectivity index (χ1v) is 11.9. The van der Waals surface area contributed by atoms with Crippen LogP contribution in [-0.2, 0) is 9.16 Å². The number of carbonyl (C=O) groups excluding carboxylic acids is 1. The summed E-state index contributed by atoms with van der Waals surface area (Å²) in [7, 11) is -2.03. The van der Waals surface area contributed by atoms with Crippen molar-refractivity contribution in [2.75, 3.05) is 6.61 Å². The minimum absolute atomic E-state index is 0.0521. The lowest BCUT2D eigenvalue weighted by atomic mass is 10.1. The molecule has 142 valence electrons. The molecule has 0 spiro atoms. The van der Waals surface area contributed by atoms with E-state index in [1.165, 1.54) is 12.8 Å². The second-order valence-corrected chi connectivity index (χ2v) is 14.3. The lowest BCUT2D eigenvalue weighted by Gasteiger charge is -2.41. The van der Waals surface area contributed by atoms with Gasteiger partial charge in [-0.2, -0.15) is 0 Å². The van der Waals surface area contributed by atoms with Crippen molar-refractivity contribution in [3.63, 3.8) is 0 Å². The van der Waals surface area contributed by atoms with Gasteiger partial charge in [0.25, 0.3) is 0 Å². The quantitative estimate of drug-likeness (QED) is 0.673. The van der Waals surface area contributed by atoms with Crippen LogP contribution in [0.5, 0.6) is 0 Å². The number of amides is 1. The van der Waals surface area contributed by atoms with E-state index >= 15 is 0 Å². The van der Waals surface area contributed by atoms with Crippen molar-refractivity contribution < 1.29 is 19.1 Å². The molecular formula is C18H37NO4Si. The van der Waals surface area contributed by atoms with Gasteiger partial charge in [0.05, 0.1) is 18.8 Å². The molecule has 0 heterocycles. The molecule has 6 heteroatoms. The van der Waals surface area contributed by atoms with Crippen LogP contribution >= 0.6 is 0 Å². The molecule has 1 rings (SSSR count). The van der Waals surface area contributed by atoms with E-state index in [-0.39, 0.29) is 23.8 Å². The number of carbonyl (C=O) groups is 1. The average Bonchev–Trinajstić information content (AvgIpc) is 3.15. The molecule has 0 bridgehead atoms. The number of aliphatic hydroxyl groups is 1. The van der Waals surface area contributed by atoms with Gasteiger partial charge in [0, 0.05) is 0 Å². The molecule has 5 nitrogen and oxygen atoms in total. The van der Waals surface area contributed by atoms with Crippen LogP contribution in [0.4, 0.5) is 4.79 Å². The molecule has 0 aliphatic heterocycles. The topological polar surface area (TPSA) is 67.8 Å². The molecule has 0 radical (unpaired) electrons. The molecule has 1 saturated carbocycles. The van der Waals surface area contributed by atoms with Crippen LogP contribution in [0.1, 0.15) is 60.8 Å². The summed E-state index contributed by atoms with van der Waals surface area (Å²) in [5.41, 5.74) is -0.538. The molecule has 2 N–H and O–H groups in total. The van der Waals surface area contributed by atoms with Crippen molar-refractivity contribution in [3.05, 3.63) is 0 Å². The number of alkyl carbamates (subject to hydrolysis) is 1. The Hall–Kier alpha value is -0.593. The lowest BCUT2D eigenvalue weighted by molar-refractivity contribution is 0.0330. The predicted molar refractivity (Wildman–Crippen MR) is 99.7 cm³/mol. The van der Waals surface area contributed by atoms with E-state index in [4.69, 9.17) is 9.16 Å². The van der Waals surface area contributed by atoms with Gasteiger partial charge in [-0.05, 0) is 51.2 Å². The highest BCUT2D eigenvalue weighted by Crippen LogP contribution is 2.39. The Morgan fingerprint density at radius 3 is 2.12 bits per heavy atom. The summed E-state index contributed by atoms with van der Waals surface area (Å²) in [6.45, 7) is 16.3. The van der Waals surface area contributed by atoms with E-state index in [0.717, 1.165) is 6.42 Å². The monoisotopic (exact) mass is 359 g/mol. The first kappa shape index (κ1) is 21.4. The largest absolute Gasteiger partial charge is 0.444 e. The Morgan fingerprint density at radius 1 is 1.21 bits per heavy atom. The molecule has 0 aromatic rings.